The van der Waals surface area contributed by atoms with Crippen molar-refractivity contribution in [2.45, 2.75) is 39.9 Å². The molecule has 4 nitrogen and oxygen atoms in total. The van der Waals surface area contributed by atoms with E-state index >= 15 is 0 Å². The maximum atomic E-state index is 5.76. The zero-order chi connectivity index (χ0) is 17.4. The van der Waals surface area contributed by atoms with Crippen LogP contribution in [0.3, 0.4) is 0 Å². The van der Waals surface area contributed by atoms with Gasteiger partial charge in [-0.05, 0) is 0 Å². The molecule has 24 heavy (non-hydrogen) atoms. The summed E-state index contributed by atoms with van der Waals surface area (Å²) in [7, 11) is 0. The summed E-state index contributed by atoms with van der Waals surface area (Å²) in [5.74, 6) is 0. The Morgan fingerprint density at radius 3 is 1.62 bits per heavy atom. The molecule has 2 atom stereocenters. The first kappa shape index (κ1) is 19.6. The Bertz CT molecular complexity index is 584. The molecule has 2 aromatic rings. The molecule has 2 rings (SSSR count). The van der Waals surface area contributed by atoms with Crippen molar-refractivity contribution in [2.75, 3.05) is 13.2 Å². The van der Waals surface area contributed by atoms with E-state index in [0.29, 0.717) is 13.2 Å². The zero-order valence-electron chi connectivity index (χ0n) is 14.6. The first-order chi connectivity index (χ1) is 11.7. The predicted molar refractivity (Wildman–Crippen MR) is 99.3 cm³/mol. The summed E-state index contributed by atoms with van der Waals surface area (Å²) in [4.78, 5) is 9.22. The van der Waals surface area contributed by atoms with E-state index in [9.17, 15) is 0 Å². The fraction of sp³-hybridized carbons (Fsp3) is 0.444. The molecule has 0 aliphatic carbocycles. The molecule has 0 radical (unpaired) electrons. The molecule has 0 aromatic carbocycles. The zero-order valence-corrected chi connectivity index (χ0v) is 18.0. The van der Waals surface area contributed by atoms with E-state index in [-0.39, 0.29) is 38.5 Å². The second kappa shape index (κ2) is 10.3. The van der Waals surface area contributed by atoms with Crippen LogP contribution in [0.4, 0.5) is 0 Å². The van der Waals surface area contributed by atoms with Crippen molar-refractivity contribution in [3.63, 3.8) is 0 Å². The summed E-state index contributed by atoms with van der Waals surface area (Å²) < 4.78 is 13.9. The number of hydrogen-bond acceptors (Lipinski definition) is 4. The molecule has 0 saturated heterocycles. The van der Waals surface area contributed by atoms with Crippen LogP contribution in [0.2, 0.25) is 0 Å². The first-order valence-electron chi connectivity index (χ1n) is 8.14. The van der Waals surface area contributed by atoms with Gasteiger partial charge in [-0.3, -0.25) is 0 Å². The van der Waals surface area contributed by atoms with E-state index in [4.69, 9.17) is 9.47 Å². The first-order valence-corrected chi connectivity index (χ1v) is 14.2. The molecule has 0 aliphatic rings. The third kappa shape index (κ3) is 5.38. The number of aromatic nitrogens is 2. The van der Waals surface area contributed by atoms with Gasteiger partial charge in [0.15, 0.2) is 0 Å². The molecule has 0 amide bonds. The molecule has 2 heterocycles. The van der Waals surface area contributed by atoms with Crippen LogP contribution in [-0.2, 0) is 9.47 Å². The summed E-state index contributed by atoms with van der Waals surface area (Å²) in [6.07, 6.45) is 3.92. The van der Waals surface area contributed by atoms with Gasteiger partial charge in [0.1, 0.15) is 0 Å². The van der Waals surface area contributed by atoms with Gasteiger partial charge in [-0.15, -0.1) is 0 Å². The van der Waals surface area contributed by atoms with Crippen molar-refractivity contribution < 1.29 is 9.47 Å². The summed E-state index contributed by atoms with van der Waals surface area (Å²) in [6.45, 7) is 9.66. The van der Waals surface area contributed by atoms with Gasteiger partial charge in [0, 0.05) is 0 Å². The van der Waals surface area contributed by atoms with Gasteiger partial charge < -0.3 is 0 Å². The van der Waals surface area contributed by atoms with E-state index in [0.717, 1.165) is 0 Å². The van der Waals surface area contributed by atoms with E-state index in [2.05, 4.69) is 35.9 Å². The van der Waals surface area contributed by atoms with Crippen LogP contribution in [0.5, 0.6) is 0 Å². The second-order valence-corrected chi connectivity index (χ2v) is 11.1. The van der Waals surface area contributed by atoms with Crippen molar-refractivity contribution in [3.05, 3.63) is 47.8 Å². The third-order valence-electron chi connectivity index (χ3n) is 3.51. The van der Waals surface area contributed by atoms with E-state index < -0.39 is 0 Å². The van der Waals surface area contributed by atoms with E-state index in [1.807, 2.05) is 38.4 Å². The summed E-state index contributed by atoms with van der Waals surface area (Å²) in [5.41, 5.74) is 2.41. The standard InChI is InChI=1S/C18H24N2O2Se2/c1-5-21-13(3)15-9-7-11-19-17(15)23-24-18-16(10-8-12-20-18)14(4)22-6-2/h7-14H,5-6H2,1-4H3/t13-,14-/m0/s1. The molecule has 2 aromatic heterocycles. The molecule has 0 saturated carbocycles. The minimum absolute atomic E-state index is 0.0851. The van der Waals surface area contributed by atoms with Gasteiger partial charge in [-0.2, -0.15) is 0 Å². The number of nitrogens with zero attached hydrogens (tertiary/aromatic N) is 2. The fourth-order valence-corrected chi connectivity index (χ4v) is 9.23. The average Bonchev–Trinajstić information content (AvgIpc) is 2.61. The fourth-order valence-electron chi connectivity index (χ4n) is 2.32. The Morgan fingerprint density at radius 2 is 1.25 bits per heavy atom. The molecular formula is C18H24N2O2Se2. The summed E-state index contributed by atoms with van der Waals surface area (Å²) >= 11 is 0.536. The van der Waals surface area contributed by atoms with Crippen LogP contribution in [0.15, 0.2) is 36.7 Å². The summed E-state index contributed by atoms with van der Waals surface area (Å²) in [6, 6.07) is 8.23. The number of pyridine rings is 2. The van der Waals surface area contributed by atoms with Crippen LogP contribution < -0.4 is 9.18 Å². The third-order valence-corrected chi connectivity index (χ3v) is 10.1. The van der Waals surface area contributed by atoms with Gasteiger partial charge in [-0.25, -0.2) is 0 Å². The van der Waals surface area contributed by atoms with Crippen LogP contribution in [0.25, 0.3) is 0 Å². The molecular weight excluding hydrogens is 434 g/mol. The van der Waals surface area contributed by atoms with Gasteiger partial charge in [0.2, 0.25) is 0 Å². The minimum atomic E-state index is 0.0851. The van der Waals surface area contributed by atoms with Crippen molar-refractivity contribution in [3.8, 4) is 0 Å². The number of rotatable bonds is 9. The van der Waals surface area contributed by atoms with Gasteiger partial charge in [0.25, 0.3) is 0 Å². The van der Waals surface area contributed by atoms with Gasteiger partial charge in [0.05, 0.1) is 0 Å². The molecule has 6 heteroatoms. The van der Waals surface area contributed by atoms with Crippen molar-refractivity contribution in [2.24, 2.45) is 0 Å². The van der Waals surface area contributed by atoms with Gasteiger partial charge >= 0.3 is 156 Å². The quantitative estimate of drug-likeness (QED) is 0.539. The Morgan fingerprint density at radius 1 is 0.833 bits per heavy atom. The Kier molecular flexibility index (Phi) is 8.40. The van der Waals surface area contributed by atoms with Crippen LogP contribution in [0.1, 0.15) is 51.0 Å². The SMILES string of the molecule is CCO[C@@H](C)c1cccnc1[Se][Se]c1ncccc1[C@H](C)OCC. The maximum absolute atomic E-state index is 5.76. The molecule has 0 aliphatic heterocycles. The Hall–Kier alpha value is -0.741. The van der Waals surface area contributed by atoms with Crippen LogP contribution in [0, 0.1) is 0 Å². The molecule has 0 fully saturated rings. The van der Waals surface area contributed by atoms with Crippen LogP contribution >= 0.6 is 0 Å². The Balaban J connectivity index is 2.15. The molecule has 0 bridgehead atoms. The topological polar surface area (TPSA) is 44.2 Å². The van der Waals surface area contributed by atoms with Crippen molar-refractivity contribution in [1.82, 2.24) is 9.97 Å². The summed E-state index contributed by atoms with van der Waals surface area (Å²) in [5, 5.41) is 0. The molecule has 0 unspecified atom stereocenters. The monoisotopic (exact) mass is 460 g/mol. The average molecular weight is 458 g/mol. The van der Waals surface area contributed by atoms with E-state index in [1.54, 1.807) is 0 Å². The molecule has 0 spiro atoms. The molecule has 0 N–H and O–H groups in total. The Labute approximate surface area is 155 Å². The number of ether oxygens (including phenoxy) is 2. The predicted octanol–water partition coefficient (Wildman–Crippen LogP) is 1.95. The van der Waals surface area contributed by atoms with Gasteiger partial charge in [-0.1, -0.05) is 0 Å². The second-order valence-electron chi connectivity index (χ2n) is 5.16. The van der Waals surface area contributed by atoms with Crippen molar-refractivity contribution >= 4 is 35.4 Å². The van der Waals surface area contributed by atoms with Crippen molar-refractivity contribution in [1.29, 1.82) is 0 Å². The molecule has 130 valence electrons. The normalized spacial score (nSPS) is 13.7. The van der Waals surface area contributed by atoms with Crippen LogP contribution in [-0.4, -0.2) is 49.4 Å². The van der Waals surface area contributed by atoms with E-state index in [1.165, 1.54) is 20.3 Å². The number of hydrogen-bond donors (Lipinski definition) is 0.